The molecule has 0 bridgehead atoms. The molecule has 0 fully saturated rings. The lowest BCUT2D eigenvalue weighted by molar-refractivity contribution is 0.694. The Labute approximate surface area is 116 Å². The number of nitrogens with zero attached hydrogens (tertiary/aromatic N) is 2. The number of anilines is 1. The van der Waals surface area contributed by atoms with Crippen LogP contribution in [0.1, 0.15) is 0 Å². The van der Waals surface area contributed by atoms with E-state index in [0.29, 0.717) is 5.82 Å². The molecule has 0 radical (unpaired) electrons. The van der Waals surface area contributed by atoms with Crippen molar-refractivity contribution in [3.8, 4) is 0 Å². The number of nitrogen functional groups attached to an aromatic ring is 1. The van der Waals surface area contributed by atoms with E-state index in [-0.39, 0.29) is 0 Å². The minimum absolute atomic E-state index is 0.611. The molecule has 0 spiro atoms. The Morgan fingerprint density at radius 1 is 1.00 bits per heavy atom. The molecule has 3 nitrogen and oxygen atoms in total. The van der Waals surface area contributed by atoms with E-state index < -0.39 is 0 Å². The van der Waals surface area contributed by atoms with Crippen LogP contribution in [0, 0.1) is 0 Å². The first-order valence-corrected chi connectivity index (χ1v) is 7.22. The van der Waals surface area contributed by atoms with E-state index in [1.165, 1.54) is 4.90 Å². The van der Waals surface area contributed by atoms with Gasteiger partial charge in [-0.25, -0.2) is 0 Å². The maximum atomic E-state index is 5.92. The van der Waals surface area contributed by atoms with Crippen LogP contribution >= 0.6 is 11.8 Å². The largest absolute Gasteiger partial charge is 0.382 e. The first-order chi connectivity index (χ1) is 9.34. The summed E-state index contributed by atoms with van der Waals surface area (Å²) in [5.74, 6) is 1.59. The molecule has 19 heavy (non-hydrogen) atoms. The second-order valence-corrected chi connectivity index (χ2v) is 5.46. The van der Waals surface area contributed by atoms with Crippen molar-refractivity contribution in [1.82, 2.24) is 9.78 Å². The third kappa shape index (κ3) is 2.58. The highest BCUT2D eigenvalue weighted by molar-refractivity contribution is 7.99. The van der Waals surface area contributed by atoms with E-state index in [0.717, 1.165) is 23.2 Å². The van der Waals surface area contributed by atoms with Gasteiger partial charge >= 0.3 is 0 Å². The van der Waals surface area contributed by atoms with Gasteiger partial charge in [-0.3, -0.25) is 4.68 Å². The predicted octanol–water partition coefficient (Wildman–Crippen LogP) is 3.41. The van der Waals surface area contributed by atoms with Gasteiger partial charge in [-0.2, -0.15) is 5.10 Å². The van der Waals surface area contributed by atoms with Gasteiger partial charge in [-0.15, -0.1) is 11.8 Å². The number of aromatic nitrogens is 2. The van der Waals surface area contributed by atoms with Gasteiger partial charge < -0.3 is 5.73 Å². The van der Waals surface area contributed by atoms with E-state index >= 15 is 0 Å². The smallest absolute Gasteiger partial charge is 0.153 e. The molecule has 2 N–H and O–H groups in total. The van der Waals surface area contributed by atoms with Crippen LogP contribution in [0.4, 0.5) is 5.82 Å². The van der Waals surface area contributed by atoms with Crippen molar-refractivity contribution in [2.24, 2.45) is 0 Å². The first kappa shape index (κ1) is 12.1. The maximum Gasteiger partial charge on any atom is 0.153 e. The predicted molar refractivity (Wildman–Crippen MR) is 81.3 cm³/mol. The molecule has 0 aliphatic rings. The van der Waals surface area contributed by atoms with Crippen molar-refractivity contribution in [1.29, 1.82) is 0 Å². The van der Waals surface area contributed by atoms with Gasteiger partial charge in [0.15, 0.2) is 5.82 Å². The number of benzene rings is 2. The van der Waals surface area contributed by atoms with Gasteiger partial charge in [0.25, 0.3) is 0 Å². The van der Waals surface area contributed by atoms with Crippen LogP contribution in [-0.2, 0) is 6.54 Å². The molecule has 0 saturated heterocycles. The Balaban J connectivity index is 1.72. The zero-order valence-corrected chi connectivity index (χ0v) is 11.3. The topological polar surface area (TPSA) is 43.8 Å². The SMILES string of the molecule is Nc1nn(CCSc2ccccc2)c2ccccc12. The number of hydrogen-bond donors (Lipinski definition) is 1. The highest BCUT2D eigenvalue weighted by Gasteiger charge is 2.06. The molecular weight excluding hydrogens is 254 g/mol. The number of fused-ring (bicyclic) bond motifs is 1. The van der Waals surface area contributed by atoms with Crippen molar-refractivity contribution < 1.29 is 0 Å². The summed E-state index contributed by atoms with van der Waals surface area (Å²) in [5, 5.41) is 5.44. The van der Waals surface area contributed by atoms with Crippen molar-refractivity contribution in [2.45, 2.75) is 11.4 Å². The highest BCUT2D eigenvalue weighted by Crippen LogP contribution is 2.22. The van der Waals surface area contributed by atoms with Gasteiger partial charge in [0, 0.05) is 16.0 Å². The Bertz CT molecular complexity index is 676. The number of thioether (sulfide) groups is 1. The minimum Gasteiger partial charge on any atom is -0.382 e. The lowest BCUT2D eigenvalue weighted by Crippen LogP contribution is -2.02. The molecule has 1 heterocycles. The Morgan fingerprint density at radius 2 is 1.74 bits per heavy atom. The van der Waals surface area contributed by atoms with Crippen LogP contribution in [-0.4, -0.2) is 15.5 Å². The van der Waals surface area contributed by atoms with E-state index in [1.807, 2.05) is 40.7 Å². The number of nitrogens with two attached hydrogens (primary N) is 1. The van der Waals surface area contributed by atoms with Crippen molar-refractivity contribution in [2.75, 3.05) is 11.5 Å². The van der Waals surface area contributed by atoms with Crippen molar-refractivity contribution >= 4 is 28.5 Å². The van der Waals surface area contributed by atoms with Crippen LogP contribution in [0.3, 0.4) is 0 Å². The molecule has 3 rings (SSSR count). The third-order valence-electron chi connectivity index (χ3n) is 3.00. The van der Waals surface area contributed by atoms with E-state index in [9.17, 15) is 0 Å². The van der Waals surface area contributed by atoms with Crippen LogP contribution in [0.15, 0.2) is 59.5 Å². The summed E-state index contributed by atoms with van der Waals surface area (Å²) in [5.41, 5.74) is 7.03. The molecule has 4 heteroatoms. The zero-order chi connectivity index (χ0) is 13.1. The van der Waals surface area contributed by atoms with Gasteiger partial charge in [0.05, 0.1) is 12.1 Å². The molecule has 0 aliphatic carbocycles. The third-order valence-corrected chi connectivity index (χ3v) is 3.99. The fraction of sp³-hybridized carbons (Fsp3) is 0.133. The average molecular weight is 269 g/mol. The van der Waals surface area contributed by atoms with Gasteiger partial charge in [0.1, 0.15) is 0 Å². The van der Waals surface area contributed by atoms with E-state index in [4.69, 9.17) is 5.73 Å². The number of para-hydroxylation sites is 1. The molecule has 0 aliphatic heterocycles. The minimum atomic E-state index is 0.611. The summed E-state index contributed by atoms with van der Waals surface area (Å²) in [4.78, 5) is 1.28. The van der Waals surface area contributed by atoms with Crippen LogP contribution in [0.2, 0.25) is 0 Å². The Hall–Kier alpha value is -1.94. The maximum absolute atomic E-state index is 5.92. The molecule has 0 amide bonds. The molecular formula is C15H15N3S. The monoisotopic (exact) mass is 269 g/mol. The average Bonchev–Trinajstić information content (AvgIpc) is 2.78. The van der Waals surface area contributed by atoms with E-state index in [2.05, 4.69) is 35.4 Å². The van der Waals surface area contributed by atoms with Gasteiger partial charge in [-0.05, 0) is 24.3 Å². The normalized spacial score (nSPS) is 10.9. The molecule has 0 unspecified atom stereocenters. The number of rotatable bonds is 4. The quantitative estimate of drug-likeness (QED) is 0.738. The lowest BCUT2D eigenvalue weighted by Gasteiger charge is -2.03. The summed E-state index contributed by atoms with van der Waals surface area (Å²) in [6.45, 7) is 0.858. The summed E-state index contributed by atoms with van der Waals surface area (Å²) in [6, 6.07) is 18.5. The van der Waals surface area contributed by atoms with Crippen LogP contribution in [0.5, 0.6) is 0 Å². The molecule has 96 valence electrons. The molecule has 1 aromatic heterocycles. The first-order valence-electron chi connectivity index (χ1n) is 6.23. The molecule has 0 saturated carbocycles. The number of aryl methyl sites for hydroxylation is 1. The highest BCUT2D eigenvalue weighted by atomic mass is 32.2. The Morgan fingerprint density at radius 3 is 2.58 bits per heavy atom. The second kappa shape index (κ2) is 5.36. The zero-order valence-electron chi connectivity index (χ0n) is 10.5. The second-order valence-electron chi connectivity index (χ2n) is 4.29. The van der Waals surface area contributed by atoms with Gasteiger partial charge in [-0.1, -0.05) is 30.3 Å². The van der Waals surface area contributed by atoms with Gasteiger partial charge in [0.2, 0.25) is 0 Å². The molecule has 2 aromatic carbocycles. The van der Waals surface area contributed by atoms with Crippen LogP contribution < -0.4 is 5.73 Å². The Kier molecular flexibility index (Phi) is 3.42. The standard InChI is InChI=1S/C15H15N3S/c16-15-13-8-4-5-9-14(13)18(17-15)10-11-19-12-6-2-1-3-7-12/h1-9H,10-11H2,(H2,16,17). The lowest BCUT2D eigenvalue weighted by atomic mass is 10.2. The fourth-order valence-corrected chi connectivity index (χ4v) is 2.94. The van der Waals surface area contributed by atoms with Crippen molar-refractivity contribution in [3.63, 3.8) is 0 Å². The summed E-state index contributed by atoms with van der Waals surface area (Å²) >= 11 is 1.83. The van der Waals surface area contributed by atoms with E-state index in [1.54, 1.807) is 0 Å². The fourth-order valence-electron chi connectivity index (χ4n) is 2.09. The molecule has 3 aromatic rings. The summed E-state index contributed by atoms with van der Waals surface area (Å²) in [6.07, 6.45) is 0. The summed E-state index contributed by atoms with van der Waals surface area (Å²) < 4.78 is 1.99. The summed E-state index contributed by atoms with van der Waals surface area (Å²) in [7, 11) is 0. The van der Waals surface area contributed by atoms with Crippen molar-refractivity contribution in [3.05, 3.63) is 54.6 Å². The number of hydrogen-bond acceptors (Lipinski definition) is 3. The van der Waals surface area contributed by atoms with Crippen LogP contribution in [0.25, 0.3) is 10.9 Å². The molecule has 0 atom stereocenters.